The first-order valence-corrected chi connectivity index (χ1v) is 13.8. The maximum atomic E-state index is 14.9. The molecule has 0 fully saturated rings. The van der Waals surface area contributed by atoms with Crippen LogP contribution in [0.2, 0.25) is 5.02 Å². The molecule has 230 valence electrons. The molecule has 0 aliphatic heterocycles. The number of nitrogens with zero attached hydrogens (tertiary/aromatic N) is 6. The minimum absolute atomic E-state index is 0.0378. The third-order valence-corrected chi connectivity index (χ3v) is 6.45. The molecule has 0 radical (unpaired) electrons. The molecule has 16 heteroatoms. The molecule has 14 nitrogen and oxygen atoms in total. The van der Waals surface area contributed by atoms with Gasteiger partial charge in [-0.25, -0.2) is 9.18 Å². The lowest BCUT2D eigenvalue weighted by Gasteiger charge is -2.19. The van der Waals surface area contributed by atoms with Crippen molar-refractivity contribution in [1.29, 1.82) is 0 Å². The van der Waals surface area contributed by atoms with Gasteiger partial charge in [0.1, 0.15) is 12.9 Å². The van der Waals surface area contributed by atoms with E-state index in [1.54, 1.807) is 35.0 Å². The fourth-order valence-electron chi connectivity index (χ4n) is 4.01. The molecule has 4 rings (SSSR count). The van der Waals surface area contributed by atoms with Gasteiger partial charge in [0.25, 0.3) is 0 Å². The molecule has 2 aromatic carbocycles. The second-order valence-electron chi connectivity index (χ2n) is 9.32. The summed E-state index contributed by atoms with van der Waals surface area (Å²) >= 11 is 5.98. The van der Waals surface area contributed by atoms with E-state index in [-0.39, 0.29) is 23.6 Å². The summed E-state index contributed by atoms with van der Waals surface area (Å²) in [5.41, 5.74) is 2.26. The molecule has 4 aromatic rings. The number of rotatable bonds is 14. The number of halogens is 2. The molecule has 0 aliphatic carbocycles. The highest BCUT2D eigenvalue weighted by atomic mass is 35.5. The normalized spacial score (nSPS) is 11.7. The molecule has 2 aromatic heterocycles. The van der Waals surface area contributed by atoms with E-state index < -0.39 is 29.8 Å². The predicted octanol–water partition coefficient (Wildman–Crippen LogP) is 3.55. The Morgan fingerprint density at radius 1 is 1.14 bits per heavy atom. The summed E-state index contributed by atoms with van der Waals surface area (Å²) in [6.07, 6.45) is 5.01. The third-order valence-electron chi connectivity index (χ3n) is 6.16. The SMILES string of the molecule is CCn1ccc(CC(CNc2ccc(NC(=O)OCCC(=O)O)cc2)NC(=O)/C=C/c2c(-n3cnnn3)ccc(Cl)c2F)n1. The Morgan fingerprint density at radius 2 is 1.91 bits per heavy atom. The van der Waals surface area contributed by atoms with E-state index in [1.807, 2.05) is 19.2 Å². The second kappa shape index (κ2) is 15.2. The van der Waals surface area contributed by atoms with Crippen LogP contribution in [0.5, 0.6) is 0 Å². The van der Waals surface area contributed by atoms with Crippen molar-refractivity contribution < 1.29 is 28.6 Å². The Bertz CT molecular complexity index is 1610. The van der Waals surface area contributed by atoms with Crippen LogP contribution in [-0.4, -0.2) is 72.3 Å². The van der Waals surface area contributed by atoms with Crippen LogP contribution in [0.25, 0.3) is 11.8 Å². The fraction of sp³-hybridized carbons (Fsp3) is 0.250. The average Bonchev–Trinajstić information content (AvgIpc) is 3.70. The highest BCUT2D eigenvalue weighted by molar-refractivity contribution is 6.31. The minimum Gasteiger partial charge on any atom is -0.481 e. The first kappa shape index (κ1) is 31.6. The van der Waals surface area contributed by atoms with Gasteiger partial charge in [0.15, 0.2) is 5.82 Å². The highest BCUT2D eigenvalue weighted by Crippen LogP contribution is 2.25. The van der Waals surface area contributed by atoms with E-state index in [4.69, 9.17) is 21.4 Å². The summed E-state index contributed by atoms with van der Waals surface area (Å²) in [7, 11) is 0. The van der Waals surface area contributed by atoms with Crippen LogP contribution in [0.15, 0.2) is 61.1 Å². The maximum absolute atomic E-state index is 14.9. The lowest BCUT2D eigenvalue weighted by molar-refractivity contribution is -0.137. The Balaban J connectivity index is 1.42. The van der Waals surface area contributed by atoms with Crippen LogP contribution in [0.1, 0.15) is 24.6 Å². The fourth-order valence-corrected chi connectivity index (χ4v) is 4.17. The zero-order chi connectivity index (χ0) is 31.5. The Kier molecular flexibility index (Phi) is 11.0. The molecule has 2 amide bonds. The molecule has 0 saturated heterocycles. The molecule has 44 heavy (non-hydrogen) atoms. The maximum Gasteiger partial charge on any atom is 0.411 e. The predicted molar refractivity (Wildman–Crippen MR) is 159 cm³/mol. The van der Waals surface area contributed by atoms with Gasteiger partial charge in [-0.2, -0.15) is 9.78 Å². The van der Waals surface area contributed by atoms with Gasteiger partial charge in [-0.05, 0) is 65.9 Å². The number of aryl methyl sites for hydroxylation is 1. The number of aliphatic carboxylic acids is 1. The van der Waals surface area contributed by atoms with Gasteiger partial charge in [0.2, 0.25) is 5.91 Å². The second-order valence-corrected chi connectivity index (χ2v) is 9.72. The van der Waals surface area contributed by atoms with Gasteiger partial charge >= 0.3 is 12.1 Å². The monoisotopic (exact) mass is 625 g/mol. The molecule has 0 spiro atoms. The number of hydrogen-bond acceptors (Lipinski definition) is 9. The topological polar surface area (TPSA) is 178 Å². The summed E-state index contributed by atoms with van der Waals surface area (Å²) in [6, 6.07) is 11.1. The number of carbonyl (C=O) groups excluding carboxylic acids is 2. The molecule has 1 unspecified atom stereocenters. The Morgan fingerprint density at radius 3 is 2.59 bits per heavy atom. The molecule has 4 N–H and O–H groups in total. The van der Waals surface area contributed by atoms with Crippen molar-refractivity contribution in [3.05, 3.63) is 83.2 Å². The van der Waals surface area contributed by atoms with Gasteiger partial charge < -0.3 is 20.5 Å². The zero-order valence-electron chi connectivity index (χ0n) is 23.5. The standard InChI is InChI=1S/C28H29ClFN9O5/c1-2-38-13-11-20(35-38)15-21(16-31-18-3-5-19(6-4-18)34-28(43)44-14-12-26(41)42)33-25(40)10-7-22-24(39-17-32-36-37-39)9-8-23(29)27(22)30/h3-11,13,17,21,31H,2,12,14-16H2,1H3,(H,33,40)(H,34,43)(H,41,42)/b10-7+. The van der Waals surface area contributed by atoms with Crippen LogP contribution in [-0.2, 0) is 27.3 Å². The van der Waals surface area contributed by atoms with Crippen LogP contribution in [0.3, 0.4) is 0 Å². The molecule has 0 aliphatic rings. The smallest absolute Gasteiger partial charge is 0.411 e. The van der Waals surface area contributed by atoms with Gasteiger partial charge in [-0.1, -0.05) is 11.6 Å². The zero-order valence-corrected chi connectivity index (χ0v) is 24.2. The molecule has 2 heterocycles. The van der Waals surface area contributed by atoms with Crippen molar-refractivity contribution in [2.24, 2.45) is 0 Å². The Hall–Kier alpha value is -5.31. The van der Waals surface area contributed by atoms with Crippen molar-refractivity contribution in [2.45, 2.75) is 32.4 Å². The van der Waals surface area contributed by atoms with E-state index >= 15 is 0 Å². The highest BCUT2D eigenvalue weighted by Gasteiger charge is 2.16. The Labute approximate surface area is 255 Å². The number of ether oxygens (including phenoxy) is 1. The van der Waals surface area contributed by atoms with E-state index in [0.29, 0.717) is 36.6 Å². The number of benzene rings is 2. The number of carboxylic acids is 1. The van der Waals surface area contributed by atoms with Gasteiger partial charge in [0.05, 0.1) is 28.9 Å². The van der Waals surface area contributed by atoms with Gasteiger partial charge in [-0.15, -0.1) is 5.10 Å². The summed E-state index contributed by atoms with van der Waals surface area (Å²) < 4.78 is 22.8. The summed E-state index contributed by atoms with van der Waals surface area (Å²) in [4.78, 5) is 35.4. The number of nitrogens with one attached hydrogen (secondary N) is 3. The van der Waals surface area contributed by atoms with E-state index in [2.05, 4.69) is 36.6 Å². The van der Waals surface area contributed by atoms with Crippen molar-refractivity contribution in [3.63, 3.8) is 0 Å². The first-order chi connectivity index (χ1) is 21.2. The van der Waals surface area contributed by atoms with Crippen molar-refractivity contribution in [1.82, 2.24) is 35.3 Å². The molecular weight excluding hydrogens is 597 g/mol. The van der Waals surface area contributed by atoms with Crippen molar-refractivity contribution in [2.75, 3.05) is 23.8 Å². The number of amides is 2. The average molecular weight is 626 g/mol. The molecular formula is C28H29ClFN9O5. The van der Waals surface area contributed by atoms with E-state index in [0.717, 1.165) is 5.69 Å². The minimum atomic E-state index is -1.07. The van der Waals surface area contributed by atoms with Crippen molar-refractivity contribution in [3.8, 4) is 5.69 Å². The van der Waals surface area contributed by atoms with E-state index in [1.165, 1.54) is 29.2 Å². The van der Waals surface area contributed by atoms with Crippen LogP contribution < -0.4 is 16.0 Å². The number of carboxylic acid groups (broad SMARTS) is 1. The summed E-state index contributed by atoms with van der Waals surface area (Å²) in [6.45, 7) is 2.73. The number of tetrazole rings is 1. The molecule has 1 atom stereocenters. The lowest BCUT2D eigenvalue weighted by Crippen LogP contribution is -2.40. The molecule has 0 saturated carbocycles. The van der Waals surface area contributed by atoms with Crippen LogP contribution in [0, 0.1) is 5.82 Å². The number of anilines is 2. The van der Waals surface area contributed by atoms with Gasteiger partial charge in [-0.3, -0.25) is 19.6 Å². The van der Waals surface area contributed by atoms with Crippen molar-refractivity contribution >= 4 is 47.0 Å². The third kappa shape index (κ3) is 9.09. The van der Waals surface area contributed by atoms with Gasteiger partial charge in [0, 0.05) is 48.7 Å². The van der Waals surface area contributed by atoms with Crippen LogP contribution in [0.4, 0.5) is 20.6 Å². The molecule has 0 bridgehead atoms. The lowest BCUT2D eigenvalue weighted by atomic mass is 10.1. The van der Waals surface area contributed by atoms with Crippen LogP contribution >= 0.6 is 11.6 Å². The number of hydrogen-bond donors (Lipinski definition) is 4. The quantitative estimate of drug-likeness (QED) is 0.151. The number of aromatic nitrogens is 6. The summed E-state index contributed by atoms with van der Waals surface area (Å²) in [5, 5.41) is 32.7. The first-order valence-electron chi connectivity index (χ1n) is 13.4. The largest absolute Gasteiger partial charge is 0.481 e. The number of carbonyl (C=O) groups is 3. The van der Waals surface area contributed by atoms with E-state index in [9.17, 15) is 18.8 Å². The summed E-state index contributed by atoms with van der Waals surface area (Å²) in [5.74, 6) is -2.27.